The molecule has 31 heavy (non-hydrogen) atoms. The Morgan fingerprint density at radius 3 is 1.74 bits per heavy atom. The first kappa shape index (κ1) is 27.0. The standard InChI is InChI=1S/C25H48O6/c1-4-5-6-7-8-9-10-11-12-13-14-15-16-17-18-28-24-21(27)23-22(20(19-26)29-24)30-25(2,3)31-23/h20-24,26-27H,4-19H2,1-3H3/t20-,21-,22+,23-,24-/m1/s1. The summed E-state index contributed by atoms with van der Waals surface area (Å²) in [6, 6.07) is 0. The van der Waals surface area contributed by atoms with E-state index in [0.29, 0.717) is 6.61 Å². The molecule has 2 saturated heterocycles. The van der Waals surface area contributed by atoms with E-state index >= 15 is 0 Å². The number of hydrogen-bond donors (Lipinski definition) is 2. The molecule has 6 nitrogen and oxygen atoms in total. The van der Waals surface area contributed by atoms with Crippen LogP contribution in [0, 0.1) is 0 Å². The lowest BCUT2D eigenvalue weighted by Crippen LogP contribution is -2.58. The highest BCUT2D eigenvalue weighted by Crippen LogP contribution is 2.37. The summed E-state index contributed by atoms with van der Waals surface area (Å²) in [5.41, 5.74) is 0. The van der Waals surface area contributed by atoms with E-state index in [1.807, 2.05) is 0 Å². The number of unbranched alkanes of at least 4 members (excludes halogenated alkanes) is 13. The zero-order valence-electron chi connectivity index (χ0n) is 20.2. The summed E-state index contributed by atoms with van der Waals surface area (Å²) in [7, 11) is 0. The molecule has 2 aliphatic heterocycles. The quantitative estimate of drug-likeness (QED) is 0.305. The van der Waals surface area contributed by atoms with E-state index in [1.165, 1.54) is 77.0 Å². The van der Waals surface area contributed by atoms with E-state index in [-0.39, 0.29) is 6.61 Å². The molecule has 0 amide bonds. The monoisotopic (exact) mass is 444 g/mol. The van der Waals surface area contributed by atoms with Crippen molar-refractivity contribution in [2.24, 2.45) is 0 Å². The average Bonchev–Trinajstić information content (AvgIpc) is 3.08. The van der Waals surface area contributed by atoms with Crippen molar-refractivity contribution in [1.82, 2.24) is 0 Å². The van der Waals surface area contributed by atoms with Gasteiger partial charge in [0.2, 0.25) is 0 Å². The van der Waals surface area contributed by atoms with Crippen LogP contribution in [-0.2, 0) is 18.9 Å². The number of hydrogen-bond acceptors (Lipinski definition) is 6. The van der Waals surface area contributed by atoms with Gasteiger partial charge < -0.3 is 29.2 Å². The van der Waals surface area contributed by atoms with Crippen LogP contribution in [0.25, 0.3) is 0 Å². The smallest absolute Gasteiger partial charge is 0.186 e. The van der Waals surface area contributed by atoms with E-state index in [9.17, 15) is 10.2 Å². The minimum atomic E-state index is -0.916. The van der Waals surface area contributed by atoms with E-state index in [2.05, 4.69) is 6.92 Å². The van der Waals surface area contributed by atoms with E-state index in [1.54, 1.807) is 13.8 Å². The highest BCUT2D eigenvalue weighted by molar-refractivity contribution is 4.96. The Morgan fingerprint density at radius 1 is 0.742 bits per heavy atom. The molecule has 0 saturated carbocycles. The van der Waals surface area contributed by atoms with Crippen LogP contribution < -0.4 is 0 Å². The van der Waals surface area contributed by atoms with Crippen molar-refractivity contribution in [3.63, 3.8) is 0 Å². The fourth-order valence-electron chi connectivity index (χ4n) is 4.63. The van der Waals surface area contributed by atoms with Crippen LogP contribution in [0.15, 0.2) is 0 Å². The summed E-state index contributed by atoms with van der Waals surface area (Å²) in [4.78, 5) is 0. The minimum Gasteiger partial charge on any atom is -0.394 e. The van der Waals surface area contributed by atoms with Crippen LogP contribution >= 0.6 is 0 Å². The number of ether oxygens (including phenoxy) is 4. The summed E-state index contributed by atoms with van der Waals surface area (Å²) in [5.74, 6) is -0.795. The lowest BCUT2D eigenvalue weighted by molar-refractivity contribution is -0.282. The van der Waals surface area contributed by atoms with Crippen molar-refractivity contribution in [3.8, 4) is 0 Å². The van der Waals surface area contributed by atoms with Crippen molar-refractivity contribution in [3.05, 3.63) is 0 Å². The predicted octanol–water partition coefficient (Wildman–Crippen LogP) is 5.08. The second-order valence-corrected chi connectivity index (χ2v) is 9.75. The third-order valence-electron chi connectivity index (χ3n) is 6.41. The molecular weight excluding hydrogens is 396 g/mol. The molecule has 0 unspecified atom stereocenters. The highest BCUT2D eigenvalue weighted by Gasteiger charge is 2.54. The topological polar surface area (TPSA) is 77.4 Å². The molecular formula is C25H48O6. The van der Waals surface area contributed by atoms with Gasteiger partial charge >= 0.3 is 0 Å². The maximum Gasteiger partial charge on any atom is 0.186 e. The molecule has 5 atom stereocenters. The van der Waals surface area contributed by atoms with Gasteiger partial charge in [-0.05, 0) is 20.3 Å². The van der Waals surface area contributed by atoms with Crippen molar-refractivity contribution < 1.29 is 29.2 Å². The normalized spacial score (nSPS) is 29.9. The second-order valence-electron chi connectivity index (χ2n) is 9.75. The molecule has 2 N–H and O–H groups in total. The molecule has 6 heteroatoms. The molecule has 0 bridgehead atoms. The van der Waals surface area contributed by atoms with Gasteiger partial charge in [-0.2, -0.15) is 0 Å². The summed E-state index contributed by atoms with van der Waals surface area (Å²) in [6.45, 7) is 6.23. The summed E-state index contributed by atoms with van der Waals surface area (Å²) in [6.07, 6.45) is 15.2. The average molecular weight is 445 g/mol. The fraction of sp³-hybridized carbons (Fsp3) is 1.00. The molecule has 2 aliphatic rings. The number of rotatable bonds is 17. The van der Waals surface area contributed by atoms with Crippen LogP contribution in [-0.4, -0.2) is 59.9 Å². The van der Waals surface area contributed by atoms with Gasteiger partial charge in [-0.3, -0.25) is 0 Å². The molecule has 0 aromatic carbocycles. The Labute approximate surface area is 190 Å². The van der Waals surface area contributed by atoms with Crippen LogP contribution in [0.3, 0.4) is 0 Å². The molecule has 2 heterocycles. The molecule has 0 aliphatic carbocycles. The summed E-state index contributed by atoms with van der Waals surface area (Å²) in [5, 5.41) is 20.2. The first-order chi connectivity index (χ1) is 15.0. The molecule has 184 valence electrons. The van der Waals surface area contributed by atoms with E-state index < -0.39 is 36.5 Å². The summed E-state index contributed by atoms with van der Waals surface area (Å²) < 4.78 is 23.1. The number of fused-ring (bicyclic) bond motifs is 1. The molecule has 0 spiro atoms. The van der Waals surface area contributed by atoms with Gasteiger partial charge in [-0.25, -0.2) is 0 Å². The largest absolute Gasteiger partial charge is 0.394 e. The Kier molecular flexibility index (Phi) is 12.9. The predicted molar refractivity (Wildman–Crippen MR) is 122 cm³/mol. The van der Waals surface area contributed by atoms with E-state index in [4.69, 9.17) is 18.9 Å². The Hall–Kier alpha value is -0.240. The maximum absolute atomic E-state index is 10.6. The van der Waals surface area contributed by atoms with Crippen LogP contribution in [0.1, 0.15) is 111 Å². The van der Waals surface area contributed by atoms with Gasteiger partial charge in [-0.15, -0.1) is 0 Å². The van der Waals surface area contributed by atoms with Crippen molar-refractivity contribution >= 4 is 0 Å². The van der Waals surface area contributed by atoms with Gasteiger partial charge in [0.1, 0.15) is 24.4 Å². The molecule has 2 fully saturated rings. The van der Waals surface area contributed by atoms with Crippen molar-refractivity contribution in [2.75, 3.05) is 13.2 Å². The second kappa shape index (κ2) is 14.8. The van der Waals surface area contributed by atoms with Crippen LogP contribution in [0.2, 0.25) is 0 Å². The Morgan fingerprint density at radius 2 is 1.23 bits per heavy atom. The van der Waals surface area contributed by atoms with E-state index in [0.717, 1.165) is 12.8 Å². The number of aliphatic hydroxyl groups is 2. The molecule has 2 rings (SSSR count). The van der Waals surface area contributed by atoms with Crippen molar-refractivity contribution in [1.29, 1.82) is 0 Å². The highest BCUT2D eigenvalue weighted by atomic mass is 16.8. The Balaban J connectivity index is 1.45. The SMILES string of the molecule is CCCCCCCCCCCCCCCCO[C@@H]1O[C@H](CO)[C@@H]2OC(C)(C)O[C@@H]2[C@H]1O. The third kappa shape index (κ3) is 9.65. The first-order valence-electron chi connectivity index (χ1n) is 12.9. The van der Waals surface area contributed by atoms with Gasteiger partial charge in [0.25, 0.3) is 0 Å². The fourth-order valence-corrected chi connectivity index (χ4v) is 4.63. The van der Waals surface area contributed by atoms with Crippen LogP contribution in [0.5, 0.6) is 0 Å². The van der Waals surface area contributed by atoms with Crippen molar-refractivity contribution in [2.45, 2.75) is 147 Å². The van der Waals surface area contributed by atoms with Gasteiger partial charge in [0.15, 0.2) is 12.1 Å². The van der Waals surface area contributed by atoms with Gasteiger partial charge in [0.05, 0.1) is 6.61 Å². The maximum atomic E-state index is 10.6. The molecule has 0 radical (unpaired) electrons. The minimum absolute atomic E-state index is 0.188. The van der Waals surface area contributed by atoms with Gasteiger partial charge in [0, 0.05) is 6.61 Å². The Bertz CT molecular complexity index is 457. The third-order valence-corrected chi connectivity index (χ3v) is 6.41. The molecule has 0 aromatic heterocycles. The lowest BCUT2D eigenvalue weighted by Gasteiger charge is -2.39. The zero-order valence-corrected chi connectivity index (χ0v) is 20.2. The van der Waals surface area contributed by atoms with Crippen LogP contribution in [0.4, 0.5) is 0 Å². The zero-order chi connectivity index (χ0) is 22.5. The lowest BCUT2D eigenvalue weighted by atomic mass is 9.99. The first-order valence-corrected chi connectivity index (χ1v) is 12.9. The summed E-state index contributed by atoms with van der Waals surface area (Å²) >= 11 is 0. The van der Waals surface area contributed by atoms with Gasteiger partial charge in [-0.1, -0.05) is 90.4 Å². The number of aliphatic hydroxyl groups excluding tert-OH is 2. The molecule has 0 aromatic rings.